The minimum absolute atomic E-state index is 0.0193. The van der Waals surface area contributed by atoms with Gasteiger partial charge in [-0.2, -0.15) is 5.10 Å². The molecule has 1 fully saturated rings. The highest BCUT2D eigenvalue weighted by Gasteiger charge is 2.30. The van der Waals surface area contributed by atoms with E-state index < -0.39 is 18.9 Å². The molecule has 0 unspecified atom stereocenters. The van der Waals surface area contributed by atoms with Gasteiger partial charge in [0, 0.05) is 24.3 Å². The highest BCUT2D eigenvalue weighted by atomic mass is 16.7. The van der Waals surface area contributed by atoms with Crippen LogP contribution in [0.2, 0.25) is 0 Å². The van der Waals surface area contributed by atoms with E-state index in [2.05, 4.69) is 20.7 Å². The van der Waals surface area contributed by atoms with Crippen LogP contribution < -0.4 is 15.5 Å². The molecule has 2 aromatic heterocycles. The molecule has 1 aliphatic rings. The maximum atomic E-state index is 13.8. The average Bonchev–Trinajstić information content (AvgIpc) is 3.74. The van der Waals surface area contributed by atoms with Gasteiger partial charge < -0.3 is 25.2 Å². The molecule has 0 saturated heterocycles. The normalized spacial score (nSPS) is 12.4. The number of anilines is 2. The smallest absolute Gasteiger partial charge is 0.423 e. The largest absolute Gasteiger partial charge is 0.508 e. The Bertz CT molecular complexity index is 1710. The van der Waals surface area contributed by atoms with Gasteiger partial charge in [0.05, 0.1) is 16.8 Å². The highest BCUT2D eigenvalue weighted by Crippen LogP contribution is 2.34. The van der Waals surface area contributed by atoms with Crippen molar-refractivity contribution in [3.63, 3.8) is 0 Å². The molecule has 0 spiro atoms. The number of ether oxygens (including phenoxy) is 2. The number of carbonyl (C=O) groups excluding carboxylic acids is 4. The average molecular weight is 587 g/mol. The summed E-state index contributed by atoms with van der Waals surface area (Å²) in [6.45, 7) is 4.95. The summed E-state index contributed by atoms with van der Waals surface area (Å²) in [4.78, 5) is 57.4. The van der Waals surface area contributed by atoms with Gasteiger partial charge in [-0.15, -0.1) is 0 Å². The van der Waals surface area contributed by atoms with E-state index >= 15 is 0 Å². The van der Waals surface area contributed by atoms with Crippen molar-refractivity contribution in [1.82, 2.24) is 25.2 Å². The summed E-state index contributed by atoms with van der Waals surface area (Å²) in [6, 6.07) is 10.4. The molecule has 0 radical (unpaired) electrons. The second-order valence-electron chi connectivity index (χ2n) is 10.00. The lowest BCUT2D eigenvalue weighted by molar-refractivity contribution is -0.0000736. The van der Waals surface area contributed by atoms with Crippen molar-refractivity contribution in [3.8, 4) is 5.75 Å². The minimum atomic E-state index is -0.956. The Kier molecular flexibility index (Phi) is 8.23. The Labute approximate surface area is 246 Å². The van der Waals surface area contributed by atoms with Crippen LogP contribution in [-0.2, 0) is 9.47 Å². The number of esters is 1. The standard InChI is InChI=1S/C30H30N6O7/c1-4-31-28(39)23-14-35-25(18(23)3)26(32-15-33-35)36(24-13-20(6-5-17(24)2)27(38)34-21-9-10-21)30(41)43-16-42-29(40)19-7-11-22(37)12-8-19/h5-8,11-15,21,37H,4,9-10,16H2,1-3H3,(H,31,39)(H,34,38). The number of hydrogen-bond donors (Lipinski definition) is 3. The number of fused-ring (bicyclic) bond motifs is 1. The van der Waals surface area contributed by atoms with E-state index in [1.165, 1.54) is 41.3 Å². The van der Waals surface area contributed by atoms with Crippen LogP contribution in [0.4, 0.5) is 16.3 Å². The van der Waals surface area contributed by atoms with Gasteiger partial charge in [0.1, 0.15) is 17.6 Å². The first kappa shape index (κ1) is 29.0. The van der Waals surface area contributed by atoms with Gasteiger partial charge in [-0.3, -0.25) is 9.59 Å². The summed E-state index contributed by atoms with van der Waals surface area (Å²) in [7, 11) is 0. The number of aromatic nitrogens is 3. The van der Waals surface area contributed by atoms with Gasteiger partial charge in [0.2, 0.25) is 6.79 Å². The predicted octanol–water partition coefficient (Wildman–Crippen LogP) is 3.78. The third kappa shape index (κ3) is 6.25. The Hall–Kier alpha value is -5.46. The Morgan fingerprint density at radius 3 is 2.44 bits per heavy atom. The van der Waals surface area contributed by atoms with Crippen LogP contribution in [0.15, 0.2) is 55.0 Å². The number of rotatable bonds is 9. The van der Waals surface area contributed by atoms with E-state index in [1.807, 2.05) is 0 Å². The zero-order chi connectivity index (χ0) is 30.7. The predicted molar refractivity (Wildman–Crippen MR) is 154 cm³/mol. The molecule has 2 aromatic carbocycles. The number of phenolic OH excluding ortho intramolecular Hbond substituents is 1. The Balaban J connectivity index is 1.52. The number of amides is 3. The zero-order valence-corrected chi connectivity index (χ0v) is 23.8. The topological polar surface area (TPSA) is 164 Å². The number of aromatic hydroxyl groups is 1. The van der Waals surface area contributed by atoms with Crippen molar-refractivity contribution in [1.29, 1.82) is 0 Å². The minimum Gasteiger partial charge on any atom is -0.508 e. The zero-order valence-electron chi connectivity index (χ0n) is 23.8. The van der Waals surface area contributed by atoms with E-state index in [9.17, 15) is 24.3 Å². The van der Waals surface area contributed by atoms with Crippen LogP contribution in [0.5, 0.6) is 5.75 Å². The molecule has 43 heavy (non-hydrogen) atoms. The molecule has 4 aromatic rings. The van der Waals surface area contributed by atoms with Gasteiger partial charge in [0.25, 0.3) is 11.8 Å². The number of carbonyl (C=O) groups is 4. The Morgan fingerprint density at radius 2 is 1.74 bits per heavy atom. The van der Waals surface area contributed by atoms with Gasteiger partial charge in [0.15, 0.2) is 5.82 Å². The molecular formula is C30H30N6O7. The molecule has 13 heteroatoms. The quantitative estimate of drug-likeness (QED) is 0.195. The van der Waals surface area contributed by atoms with Gasteiger partial charge in [-0.05, 0) is 81.1 Å². The van der Waals surface area contributed by atoms with Crippen molar-refractivity contribution in [2.45, 2.75) is 39.7 Å². The molecule has 1 aliphatic carbocycles. The molecule has 222 valence electrons. The summed E-state index contributed by atoms with van der Waals surface area (Å²) in [5, 5.41) is 19.4. The van der Waals surface area contributed by atoms with E-state index in [4.69, 9.17) is 9.47 Å². The molecule has 3 amide bonds. The number of benzene rings is 2. The SMILES string of the molecule is CCNC(=O)c1cn2ncnc(N(C(=O)OCOC(=O)c3ccc(O)cc3)c3cc(C(=O)NC4CC4)ccc3C)c2c1C. The van der Waals surface area contributed by atoms with Crippen molar-refractivity contribution in [3.05, 3.63) is 82.8 Å². The second-order valence-corrected chi connectivity index (χ2v) is 10.00. The van der Waals surface area contributed by atoms with Crippen molar-refractivity contribution in [2.75, 3.05) is 18.2 Å². The van der Waals surface area contributed by atoms with Crippen LogP contribution in [-0.4, -0.2) is 63.0 Å². The fraction of sp³-hybridized carbons (Fsp3) is 0.267. The second kappa shape index (κ2) is 12.2. The number of aryl methyl sites for hydroxylation is 2. The third-order valence-electron chi connectivity index (χ3n) is 6.88. The van der Waals surface area contributed by atoms with Gasteiger partial charge in [-0.25, -0.2) is 24.0 Å². The summed E-state index contributed by atoms with van der Waals surface area (Å²) in [5.41, 5.74) is 2.59. The first-order valence-corrected chi connectivity index (χ1v) is 13.6. The van der Waals surface area contributed by atoms with E-state index in [0.717, 1.165) is 17.7 Å². The molecule has 0 aliphatic heterocycles. The highest BCUT2D eigenvalue weighted by molar-refractivity contribution is 6.05. The first-order valence-electron chi connectivity index (χ1n) is 13.6. The molecule has 0 atom stereocenters. The Morgan fingerprint density at radius 1 is 1.02 bits per heavy atom. The molecule has 1 saturated carbocycles. The summed E-state index contributed by atoms with van der Waals surface area (Å²) in [5.74, 6) is -1.31. The van der Waals surface area contributed by atoms with Crippen LogP contribution in [0.3, 0.4) is 0 Å². The molecule has 5 rings (SSSR count). The van der Waals surface area contributed by atoms with Crippen LogP contribution in [0.25, 0.3) is 5.52 Å². The lowest BCUT2D eigenvalue weighted by atomic mass is 10.1. The monoisotopic (exact) mass is 586 g/mol. The van der Waals surface area contributed by atoms with Crippen LogP contribution in [0.1, 0.15) is 62.0 Å². The van der Waals surface area contributed by atoms with Crippen molar-refractivity contribution >= 4 is 40.9 Å². The number of nitrogens with one attached hydrogen (secondary N) is 2. The van der Waals surface area contributed by atoms with Crippen molar-refractivity contribution < 1.29 is 33.8 Å². The molecule has 2 heterocycles. The van der Waals surface area contributed by atoms with Gasteiger partial charge in [-0.1, -0.05) is 6.07 Å². The van der Waals surface area contributed by atoms with Crippen LogP contribution in [0, 0.1) is 13.8 Å². The number of nitrogens with zero attached hydrogens (tertiary/aromatic N) is 4. The maximum absolute atomic E-state index is 13.8. The first-order chi connectivity index (χ1) is 20.7. The maximum Gasteiger partial charge on any atom is 0.423 e. The molecule has 3 N–H and O–H groups in total. The van der Waals surface area contributed by atoms with E-state index in [-0.39, 0.29) is 35.0 Å². The number of phenols is 1. The van der Waals surface area contributed by atoms with Crippen molar-refractivity contribution in [2.24, 2.45) is 0 Å². The summed E-state index contributed by atoms with van der Waals surface area (Å²) in [6.07, 6.45) is 3.63. The van der Waals surface area contributed by atoms with Gasteiger partial charge >= 0.3 is 12.1 Å². The van der Waals surface area contributed by atoms with E-state index in [0.29, 0.717) is 40.0 Å². The van der Waals surface area contributed by atoms with Crippen LogP contribution >= 0.6 is 0 Å². The lowest BCUT2D eigenvalue weighted by Crippen LogP contribution is -2.31. The third-order valence-corrected chi connectivity index (χ3v) is 6.88. The summed E-state index contributed by atoms with van der Waals surface area (Å²) < 4.78 is 12.0. The molecular weight excluding hydrogens is 556 g/mol. The molecule has 13 nitrogen and oxygen atoms in total. The molecule has 0 bridgehead atoms. The lowest BCUT2D eigenvalue weighted by Gasteiger charge is -2.24. The fourth-order valence-corrected chi connectivity index (χ4v) is 4.46. The van der Waals surface area contributed by atoms with E-state index in [1.54, 1.807) is 39.0 Å². The summed E-state index contributed by atoms with van der Waals surface area (Å²) >= 11 is 0. The fourth-order valence-electron chi connectivity index (χ4n) is 4.46. The number of hydrogen-bond acceptors (Lipinski definition) is 9.